The summed E-state index contributed by atoms with van der Waals surface area (Å²) < 4.78 is 13.9. The van der Waals surface area contributed by atoms with Crippen molar-refractivity contribution < 1.29 is 18.8 Å². The normalized spacial score (nSPS) is 19.6. The molecule has 1 aromatic carbocycles. The summed E-state index contributed by atoms with van der Waals surface area (Å²) in [5.41, 5.74) is 0.548. The summed E-state index contributed by atoms with van der Waals surface area (Å²) in [6.45, 7) is 6.78. The number of hydrogen-bond donors (Lipinski definition) is 2. The number of likely N-dealkylation sites (tertiary alicyclic amines) is 1. The van der Waals surface area contributed by atoms with E-state index in [9.17, 15) is 18.8 Å². The molecule has 2 atom stereocenters. The molecule has 1 aliphatic rings. The third-order valence-corrected chi connectivity index (χ3v) is 4.47. The van der Waals surface area contributed by atoms with Gasteiger partial charge in [0.15, 0.2) is 0 Å². The molecule has 1 aromatic rings. The Labute approximate surface area is 156 Å². The predicted molar refractivity (Wildman–Crippen MR) is 95.9 cm³/mol. The van der Waals surface area contributed by atoms with Crippen molar-refractivity contribution in [3.63, 3.8) is 0 Å². The van der Waals surface area contributed by atoms with E-state index in [1.54, 1.807) is 11.0 Å². The maximum absolute atomic E-state index is 13.9. The van der Waals surface area contributed by atoms with Crippen LogP contribution in [0.25, 0.3) is 0 Å². The summed E-state index contributed by atoms with van der Waals surface area (Å²) in [4.78, 5) is 37.3. The van der Waals surface area contributed by atoms with Gasteiger partial charge < -0.3 is 15.5 Å². The highest BCUT2D eigenvalue weighted by Gasteiger charge is 2.42. The summed E-state index contributed by atoms with van der Waals surface area (Å²) in [6, 6.07) is 3.15. The fourth-order valence-corrected chi connectivity index (χ4v) is 3.20. The molecule has 0 bridgehead atoms. The Morgan fingerprint density at radius 3 is 2.73 bits per heavy atom. The van der Waals surface area contributed by atoms with Gasteiger partial charge in [0.05, 0.1) is 23.7 Å². The Hall–Kier alpha value is -2.41. The van der Waals surface area contributed by atoms with Crippen molar-refractivity contribution >= 4 is 29.3 Å². The molecule has 140 valence electrons. The van der Waals surface area contributed by atoms with Crippen LogP contribution in [0.4, 0.5) is 4.39 Å². The van der Waals surface area contributed by atoms with Crippen molar-refractivity contribution in [1.29, 1.82) is 0 Å². The molecule has 1 saturated heterocycles. The van der Waals surface area contributed by atoms with Crippen LogP contribution in [0.5, 0.6) is 0 Å². The molecule has 0 spiro atoms. The summed E-state index contributed by atoms with van der Waals surface area (Å²) in [6.07, 6.45) is 1.15. The smallest absolute Gasteiger partial charge is 0.243 e. The molecule has 1 aliphatic heterocycles. The van der Waals surface area contributed by atoms with Crippen LogP contribution in [0, 0.1) is 5.82 Å². The van der Waals surface area contributed by atoms with E-state index in [-0.39, 0.29) is 29.9 Å². The number of carbonyl (C=O) groups excluding carboxylic acids is 3. The number of benzene rings is 1. The molecule has 0 radical (unpaired) electrons. The lowest BCUT2D eigenvalue weighted by Gasteiger charge is -2.32. The van der Waals surface area contributed by atoms with Gasteiger partial charge in [0.1, 0.15) is 5.82 Å². The highest BCUT2D eigenvalue weighted by Crippen LogP contribution is 2.36. The average molecular weight is 382 g/mol. The van der Waals surface area contributed by atoms with Gasteiger partial charge in [0.25, 0.3) is 0 Å². The summed E-state index contributed by atoms with van der Waals surface area (Å²) in [5.74, 6) is -1.64. The standard InChI is InChI=1S/C18H21ClFN3O3/c1-4-15(24)21-9-16(25)22-14-8-17(26)23(10(2)3)18(14)11-5-6-12(19)13(20)7-11/h4-7,10,14,18H,1,8-9H2,2-3H3,(H,21,24)(H,22,25)/t14-,18+/m0/s1. The van der Waals surface area contributed by atoms with E-state index >= 15 is 0 Å². The molecule has 0 aromatic heterocycles. The molecule has 2 rings (SSSR count). The molecule has 1 fully saturated rings. The molecule has 1 heterocycles. The first-order valence-electron chi connectivity index (χ1n) is 8.20. The lowest BCUT2D eigenvalue weighted by Crippen LogP contribution is -2.45. The molecule has 3 amide bonds. The minimum atomic E-state index is -0.587. The quantitative estimate of drug-likeness (QED) is 0.739. The molecule has 8 heteroatoms. The van der Waals surface area contributed by atoms with Gasteiger partial charge in [0, 0.05) is 12.5 Å². The Kier molecular flexibility index (Phi) is 6.37. The molecule has 0 saturated carbocycles. The molecule has 26 heavy (non-hydrogen) atoms. The fraction of sp³-hybridized carbons (Fsp3) is 0.389. The third kappa shape index (κ3) is 4.40. The van der Waals surface area contributed by atoms with Crippen LogP contribution in [-0.4, -0.2) is 41.2 Å². The molecule has 0 unspecified atom stereocenters. The van der Waals surface area contributed by atoms with Crippen molar-refractivity contribution in [3.05, 3.63) is 47.3 Å². The summed E-state index contributed by atoms with van der Waals surface area (Å²) in [5, 5.41) is 5.12. The monoisotopic (exact) mass is 381 g/mol. The Bertz CT molecular complexity index is 738. The lowest BCUT2D eigenvalue weighted by molar-refractivity contribution is -0.130. The first-order chi connectivity index (χ1) is 12.2. The van der Waals surface area contributed by atoms with Crippen molar-refractivity contribution in [2.24, 2.45) is 0 Å². The van der Waals surface area contributed by atoms with Crippen LogP contribution in [0.1, 0.15) is 31.9 Å². The van der Waals surface area contributed by atoms with Crippen LogP contribution in [0.3, 0.4) is 0 Å². The maximum atomic E-state index is 13.9. The zero-order valence-electron chi connectivity index (χ0n) is 14.6. The maximum Gasteiger partial charge on any atom is 0.243 e. The van der Waals surface area contributed by atoms with E-state index in [0.29, 0.717) is 5.56 Å². The number of nitrogens with zero attached hydrogens (tertiary/aromatic N) is 1. The lowest BCUT2D eigenvalue weighted by atomic mass is 9.99. The first-order valence-corrected chi connectivity index (χ1v) is 8.58. The van der Waals surface area contributed by atoms with Crippen molar-refractivity contribution in [2.45, 2.75) is 38.4 Å². The number of carbonyl (C=O) groups is 3. The van der Waals surface area contributed by atoms with Crippen LogP contribution >= 0.6 is 11.6 Å². The van der Waals surface area contributed by atoms with Crippen LogP contribution < -0.4 is 10.6 Å². The highest BCUT2D eigenvalue weighted by atomic mass is 35.5. The van der Waals surface area contributed by atoms with Gasteiger partial charge in [-0.3, -0.25) is 14.4 Å². The third-order valence-electron chi connectivity index (χ3n) is 4.16. The van der Waals surface area contributed by atoms with E-state index in [2.05, 4.69) is 17.2 Å². The number of nitrogens with one attached hydrogen (secondary N) is 2. The topological polar surface area (TPSA) is 78.5 Å². The van der Waals surface area contributed by atoms with Crippen molar-refractivity contribution in [2.75, 3.05) is 6.54 Å². The minimum absolute atomic E-state index is 0.0121. The Balaban J connectivity index is 2.24. The molecular formula is C18H21ClFN3O3. The molecule has 0 aliphatic carbocycles. The Morgan fingerprint density at radius 1 is 1.46 bits per heavy atom. The van der Waals surface area contributed by atoms with E-state index in [4.69, 9.17) is 11.6 Å². The number of amides is 3. The molecular weight excluding hydrogens is 361 g/mol. The largest absolute Gasteiger partial charge is 0.349 e. The summed E-state index contributed by atoms with van der Waals surface area (Å²) in [7, 11) is 0. The van der Waals surface area contributed by atoms with Gasteiger partial charge in [-0.15, -0.1) is 0 Å². The van der Waals surface area contributed by atoms with Crippen molar-refractivity contribution in [3.8, 4) is 0 Å². The molecule has 6 nitrogen and oxygen atoms in total. The number of rotatable bonds is 6. The van der Waals surface area contributed by atoms with Gasteiger partial charge >= 0.3 is 0 Å². The average Bonchev–Trinajstić information content (AvgIpc) is 2.91. The van der Waals surface area contributed by atoms with E-state index in [1.807, 2.05) is 13.8 Å². The van der Waals surface area contributed by atoms with Gasteiger partial charge in [-0.05, 0) is 37.6 Å². The molecule has 2 N–H and O–H groups in total. The SMILES string of the molecule is C=CC(=O)NCC(=O)N[C@H]1CC(=O)N(C(C)C)[C@@H]1c1ccc(Cl)c(F)c1. The fourth-order valence-electron chi connectivity index (χ4n) is 3.08. The zero-order chi connectivity index (χ0) is 19.4. The van der Waals surface area contributed by atoms with Crippen LogP contribution in [0.2, 0.25) is 5.02 Å². The Morgan fingerprint density at radius 2 is 2.15 bits per heavy atom. The highest BCUT2D eigenvalue weighted by molar-refractivity contribution is 6.30. The number of halogens is 2. The van der Waals surface area contributed by atoms with Crippen LogP contribution in [-0.2, 0) is 14.4 Å². The minimum Gasteiger partial charge on any atom is -0.349 e. The van der Waals surface area contributed by atoms with E-state index in [0.717, 1.165) is 6.08 Å². The first kappa shape index (κ1) is 19.9. The van der Waals surface area contributed by atoms with E-state index < -0.39 is 29.7 Å². The predicted octanol–water partition coefficient (Wildman–Crippen LogP) is 1.95. The van der Waals surface area contributed by atoms with E-state index in [1.165, 1.54) is 12.1 Å². The van der Waals surface area contributed by atoms with Gasteiger partial charge in [-0.2, -0.15) is 0 Å². The van der Waals surface area contributed by atoms with Gasteiger partial charge in [-0.1, -0.05) is 24.2 Å². The van der Waals surface area contributed by atoms with Gasteiger partial charge in [-0.25, -0.2) is 4.39 Å². The zero-order valence-corrected chi connectivity index (χ0v) is 15.3. The van der Waals surface area contributed by atoms with Crippen molar-refractivity contribution in [1.82, 2.24) is 15.5 Å². The van der Waals surface area contributed by atoms with Gasteiger partial charge in [0.2, 0.25) is 17.7 Å². The number of hydrogen-bond acceptors (Lipinski definition) is 3. The van der Waals surface area contributed by atoms with Crippen LogP contribution in [0.15, 0.2) is 30.9 Å². The second-order valence-corrected chi connectivity index (χ2v) is 6.72. The summed E-state index contributed by atoms with van der Waals surface area (Å²) >= 11 is 5.75. The second kappa shape index (κ2) is 8.31. The second-order valence-electron chi connectivity index (χ2n) is 6.31.